The number of rotatable bonds is 1. The molecule has 0 fully saturated rings. The molecule has 1 amide bonds. The Bertz CT molecular complexity index is 648. The molecule has 0 saturated heterocycles. The van der Waals surface area contributed by atoms with E-state index in [0.29, 0.717) is 6.54 Å². The number of methoxy groups -OCH3 is 1. The zero-order valence-electron chi connectivity index (χ0n) is 10.7. The zero-order valence-corrected chi connectivity index (χ0v) is 10.7. The van der Waals surface area contributed by atoms with E-state index in [1.165, 1.54) is 17.9 Å². The molecule has 19 heavy (non-hydrogen) atoms. The molecule has 0 unspecified atom stereocenters. The first-order valence-electron chi connectivity index (χ1n) is 6.29. The van der Waals surface area contributed by atoms with E-state index in [1.54, 1.807) is 4.90 Å². The maximum absolute atomic E-state index is 11.7. The van der Waals surface area contributed by atoms with E-state index in [-0.39, 0.29) is 12.1 Å². The van der Waals surface area contributed by atoms with Crippen LogP contribution < -0.4 is 0 Å². The highest BCUT2D eigenvalue weighted by molar-refractivity contribution is 5.83. The molecular weight excluding hydrogens is 238 g/mol. The van der Waals surface area contributed by atoms with Gasteiger partial charge in [0.25, 0.3) is 0 Å². The van der Waals surface area contributed by atoms with E-state index >= 15 is 0 Å². The molecule has 0 aromatic heterocycles. The summed E-state index contributed by atoms with van der Waals surface area (Å²) in [5.41, 5.74) is 1.11. The fourth-order valence-electron chi connectivity index (χ4n) is 2.51. The van der Waals surface area contributed by atoms with Crippen molar-refractivity contribution in [2.24, 2.45) is 0 Å². The van der Waals surface area contributed by atoms with Crippen LogP contribution in [0.25, 0.3) is 10.8 Å². The molecule has 3 rings (SSSR count). The van der Waals surface area contributed by atoms with Gasteiger partial charge in [-0.15, -0.1) is 0 Å². The standard InChI is InChI=1S/C16H15NO2/c1-19-16(18)17-10-4-7-15(17)14-9-8-12-5-2-3-6-13(12)11-14/h2-9,11,15H,10H2,1H3/t15-/m1/s1. The molecular formula is C16H15NO2. The Balaban J connectivity index is 1.99. The van der Waals surface area contributed by atoms with Crippen molar-refractivity contribution in [1.82, 2.24) is 4.90 Å². The van der Waals surface area contributed by atoms with E-state index < -0.39 is 0 Å². The summed E-state index contributed by atoms with van der Waals surface area (Å²) in [5, 5.41) is 2.39. The van der Waals surface area contributed by atoms with E-state index in [2.05, 4.69) is 30.3 Å². The molecule has 96 valence electrons. The molecule has 0 radical (unpaired) electrons. The lowest BCUT2D eigenvalue weighted by Gasteiger charge is -2.23. The average molecular weight is 253 g/mol. The van der Waals surface area contributed by atoms with Gasteiger partial charge in [-0.25, -0.2) is 4.79 Å². The maximum atomic E-state index is 11.7. The smallest absolute Gasteiger partial charge is 0.410 e. The second-order valence-electron chi connectivity index (χ2n) is 4.60. The topological polar surface area (TPSA) is 29.5 Å². The van der Waals surface area contributed by atoms with Crippen LogP contribution >= 0.6 is 0 Å². The monoisotopic (exact) mass is 253 g/mol. The summed E-state index contributed by atoms with van der Waals surface area (Å²) in [6.07, 6.45) is 3.75. The summed E-state index contributed by atoms with van der Waals surface area (Å²) >= 11 is 0. The zero-order chi connectivity index (χ0) is 13.2. The van der Waals surface area contributed by atoms with Crippen LogP contribution in [0.1, 0.15) is 11.6 Å². The third kappa shape index (κ3) is 2.08. The maximum Gasteiger partial charge on any atom is 0.410 e. The molecule has 3 nitrogen and oxygen atoms in total. The van der Waals surface area contributed by atoms with Crippen LogP contribution in [-0.2, 0) is 4.74 Å². The van der Waals surface area contributed by atoms with Crippen LogP contribution in [0.5, 0.6) is 0 Å². The molecule has 0 aliphatic carbocycles. The molecule has 1 heterocycles. The molecule has 2 aromatic carbocycles. The number of benzene rings is 2. The third-order valence-electron chi connectivity index (χ3n) is 3.48. The Hall–Kier alpha value is -2.29. The highest BCUT2D eigenvalue weighted by Crippen LogP contribution is 2.29. The first kappa shape index (κ1) is 11.8. The Labute approximate surface area is 112 Å². The van der Waals surface area contributed by atoms with Crippen molar-refractivity contribution in [2.75, 3.05) is 13.7 Å². The molecule has 1 aliphatic heterocycles. The molecule has 3 heteroatoms. The molecule has 0 spiro atoms. The van der Waals surface area contributed by atoms with Crippen LogP contribution in [-0.4, -0.2) is 24.6 Å². The lowest BCUT2D eigenvalue weighted by Crippen LogP contribution is -2.30. The van der Waals surface area contributed by atoms with Crippen molar-refractivity contribution in [3.8, 4) is 0 Å². The largest absolute Gasteiger partial charge is 0.453 e. The van der Waals surface area contributed by atoms with Crippen molar-refractivity contribution in [3.63, 3.8) is 0 Å². The van der Waals surface area contributed by atoms with Gasteiger partial charge in [0.05, 0.1) is 13.2 Å². The van der Waals surface area contributed by atoms with E-state index in [9.17, 15) is 4.79 Å². The third-order valence-corrected chi connectivity index (χ3v) is 3.48. The Morgan fingerprint density at radius 1 is 1.21 bits per heavy atom. The van der Waals surface area contributed by atoms with Crippen molar-refractivity contribution < 1.29 is 9.53 Å². The van der Waals surface area contributed by atoms with Gasteiger partial charge in [0.15, 0.2) is 0 Å². The molecule has 0 N–H and O–H groups in total. The Morgan fingerprint density at radius 3 is 2.79 bits per heavy atom. The fourth-order valence-corrected chi connectivity index (χ4v) is 2.51. The average Bonchev–Trinajstić information content (AvgIpc) is 2.95. The Kier molecular flexibility index (Phi) is 2.95. The Morgan fingerprint density at radius 2 is 2.00 bits per heavy atom. The number of amides is 1. The number of fused-ring (bicyclic) bond motifs is 1. The minimum absolute atomic E-state index is 0.0305. The summed E-state index contributed by atoms with van der Waals surface area (Å²) in [4.78, 5) is 13.4. The predicted molar refractivity (Wildman–Crippen MR) is 74.9 cm³/mol. The quantitative estimate of drug-likeness (QED) is 0.728. The lowest BCUT2D eigenvalue weighted by atomic mass is 10.0. The van der Waals surface area contributed by atoms with Crippen LogP contribution in [0.2, 0.25) is 0 Å². The van der Waals surface area contributed by atoms with Gasteiger partial charge in [-0.05, 0) is 22.4 Å². The van der Waals surface area contributed by atoms with Gasteiger partial charge >= 0.3 is 6.09 Å². The SMILES string of the molecule is COC(=O)N1CC=C[C@@H]1c1ccc2ccccc2c1. The van der Waals surface area contributed by atoms with Crippen LogP contribution in [0, 0.1) is 0 Å². The molecule has 1 aliphatic rings. The van der Waals surface area contributed by atoms with Crippen molar-refractivity contribution in [2.45, 2.75) is 6.04 Å². The van der Waals surface area contributed by atoms with Crippen molar-refractivity contribution >= 4 is 16.9 Å². The van der Waals surface area contributed by atoms with Gasteiger partial charge < -0.3 is 4.74 Å². The number of hydrogen-bond acceptors (Lipinski definition) is 2. The number of carbonyl (C=O) groups is 1. The highest BCUT2D eigenvalue weighted by atomic mass is 16.5. The molecule has 1 atom stereocenters. The van der Waals surface area contributed by atoms with Crippen molar-refractivity contribution in [1.29, 1.82) is 0 Å². The van der Waals surface area contributed by atoms with Crippen LogP contribution in [0.15, 0.2) is 54.6 Å². The number of carbonyl (C=O) groups excluding carboxylic acids is 1. The summed E-state index contributed by atoms with van der Waals surface area (Å²) in [6, 6.07) is 14.5. The van der Waals surface area contributed by atoms with Crippen molar-refractivity contribution in [3.05, 3.63) is 60.2 Å². The summed E-state index contributed by atoms with van der Waals surface area (Å²) in [5.74, 6) is 0. The summed E-state index contributed by atoms with van der Waals surface area (Å²) in [7, 11) is 1.41. The van der Waals surface area contributed by atoms with Gasteiger partial charge in [-0.1, -0.05) is 48.6 Å². The van der Waals surface area contributed by atoms with Gasteiger partial charge in [-0.2, -0.15) is 0 Å². The minimum atomic E-state index is -0.289. The highest BCUT2D eigenvalue weighted by Gasteiger charge is 2.26. The minimum Gasteiger partial charge on any atom is -0.453 e. The molecule has 2 aromatic rings. The second-order valence-corrected chi connectivity index (χ2v) is 4.60. The predicted octanol–water partition coefficient (Wildman–Crippen LogP) is 3.52. The van der Waals surface area contributed by atoms with E-state index in [4.69, 9.17) is 4.74 Å². The van der Waals surface area contributed by atoms with Crippen LogP contribution in [0.4, 0.5) is 4.79 Å². The van der Waals surface area contributed by atoms with E-state index in [1.807, 2.05) is 24.3 Å². The van der Waals surface area contributed by atoms with Gasteiger partial charge in [-0.3, -0.25) is 4.90 Å². The molecule has 0 saturated carbocycles. The van der Waals surface area contributed by atoms with Crippen LogP contribution in [0.3, 0.4) is 0 Å². The summed E-state index contributed by atoms with van der Waals surface area (Å²) < 4.78 is 4.82. The van der Waals surface area contributed by atoms with Gasteiger partial charge in [0.2, 0.25) is 0 Å². The first-order valence-corrected chi connectivity index (χ1v) is 6.29. The number of ether oxygens (including phenoxy) is 1. The normalized spacial score (nSPS) is 17.9. The van der Waals surface area contributed by atoms with Gasteiger partial charge in [0, 0.05) is 6.54 Å². The molecule has 0 bridgehead atoms. The fraction of sp³-hybridized carbons (Fsp3) is 0.188. The lowest BCUT2D eigenvalue weighted by molar-refractivity contribution is 0.122. The first-order chi connectivity index (χ1) is 9.29. The number of nitrogens with zero attached hydrogens (tertiary/aromatic N) is 1. The van der Waals surface area contributed by atoms with E-state index in [0.717, 1.165) is 5.56 Å². The number of hydrogen-bond donors (Lipinski definition) is 0. The second kappa shape index (κ2) is 4.76. The van der Waals surface area contributed by atoms with Gasteiger partial charge in [0.1, 0.15) is 0 Å². The summed E-state index contributed by atoms with van der Waals surface area (Å²) in [6.45, 7) is 0.601.